The first kappa shape index (κ1) is 20.7. The van der Waals surface area contributed by atoms with Gasteiger partial charge in [-0.2, -0.15) is 4.98 Å². The first-order chi connectivity index (χ1) is 15.1. The van der Waals surface area contributed by atoms with Crippen LogP contribution in [-0.4, -0.2) is 35.7 Å². The molecule has 0 bridgehead atoms. The van der Waals surface area contributed by atoms with Gasteiger partial charge in [0.15, 0.2) is 0 Å². The van der Waals surface area contributed by atoms with Crippen molar-refractivity contribution in [3.8, 4) is 5.75 Å². The maximum Gasteiger partial charge on any atom is 0.343 e. The third kappa shape index (κ3) is 4.30. The number of nitrogens with one attached hydrogen (secondary N) is 1. The van der Waals surface area contributed by atoms with Crippen LogP contribution in [0.4, 0.5) is 17.5 Å². The third-order valence-corrected chi connectivity index (χ3v) is 5.31. The molecule has 1 aliphatic heterocycles. The van der Waals surface area contributed by atoms with E-state index < -0.39 is 5.97 Å². The van der Waals surface area contributed by atoms with Gasteiger partial charge in [-0.15, -0.1) is 0 Å². The Balaban J connectivity index is 1.65. The molecule has 0 spiro atoms. The van der Waals surface area contributed by atoms with Gasteiger partial charge < -0.3 is 19.7 Å². The van der Waals surface area contributed by atoms with Crippen LogP contribution in [0.25, 0.3) is 0 Å². The molecular weight excluding hydrogens is 392 g/mol. The van der Waals surface area contributed by atoms with Crippen molar-refractivity contribution in [2.24, 2.45) is 0 Å². The summed E-state index contributed by atoms with van der Waals surface area (Å²) in [6.07, 6.45) is 2.47. The van der Waals surface area contributed by atoms with Gasteiger partial charge in [-0.05, 0) is 49.6 Å². The molecule has 1 N–H and O–H groups in total. The Bertz CT molecular complexity index is 1070. The van der Waals surface area contributed by atoms with E-state index in [9.17, 15) is 4.79 Å². The van der Waals surface area contributed by atoms with Crippen LogP contribution in [0.1, 0.15) is 35.3 Å². The van der Waals surface area contributed by atoms with Crippen LogP contribution in [0.5, 0.6) is 5.75 Å². The summed E-state index contributed by atoms with van der Waals surface area (Å²) in [5.41, 5.74) is 3.72. The molecule has 1 aliphatic rings. The van der Waals surface area contributed by atoms with Gasteiger partial charge in [0.1, 0.15) is 17.1 Å². The minimum Gasteiger partial charge on any atom is -0.497 e. The van der Waals surface area contributed by atoms with Gasteiger partial charge in [-0.3, -0.25) is 0 Å². The van der Waals surface area contributed by atoms with Crippen LogP contribution in [0.15, 0.2) is 54.7 Å². The number of ether oxygens (including phenoxy) is 2. The smallest absolute Gasteiger partial charge is 0.343 e. The highest BCUT2D eigenvalue weighted by Gasteiger charge is 2.29. The summed E-state index contributed by atoms with van der Waals surface area (Å²) >= 11 is 0. The summed E-state index contributed by atoms with van der Waals surface area (Å²) in [5, 5.41) is 3.29. The number of benzene rings is 2. The van der Waals surface area contributed by atoms with Gasteiger partial charge in [0, 0.05) is 24.5 Å². The molecule has 0 aliphatic carbocycles. The van der Waals surface area contributed by atoms with E-state index in [1.165, 1.54) is 5.56 Å². The number of esters is 1. The van der Waals surface area contributed by atoms with E-state index in [0.29, 0.717) is 23.9 Å². The molecule has 3 aromatic rings. The monoisotopic (exact) mass is 418 g/mol. The van der Waals surface area contributed by atoms with Crippen molar-refractivity contribution in [3.05, 3.63) is 71.4 Å². The largest absolute Gasteiger partial charge is 0.497 e. The molecule has 1 unspecified atom stereocenters. The second-order valence-electron chi connectivity index (χ2n) is 7.41. The molecule has 1 atom stereocenters. The van der Waals surface area contributed by atoms with Gasteiger partial charge in [0.2, 0.25) is 5.95 Å². The highest BCUT2D eigenvalue weighted by Crippen LogP contribution is 2.37. The molecule has 1 aromatic heterocycles. The fraction of sp³-hybridized carbons (Fsp3) is 0.292. The second kappa shape index (κ2) is 9.04. The normalized spacial score (nSPS) is 14.8. The number of hydrogen-bond acceptors (Lipinski definition) is 7. The molecule has 31 heavy (non-hydrogen) atoms. The second-order valence-corrected chi connectivity index (χ2v) is 7.41. The summed E-state index contributed by atoms with van der Waals surface area (Å²) in [6.45, 7) is 4.71. The molecular formula is C24H26N4O3. The SMILES string of the molecule is CCOC(=O)c1cnc(N2c3ccccc3CC2C)nc1NCc1ccc(OC)cc1. The Morgan fingerprint density at radius 1 is 1.19 bits per heavy atom. The molecule has 0 saturated heterocycles. The Labute approximate surface area is 182 Å². The summed E-state index contributed by atoms with van der Waals surface area (Å²) in [6, 6.07) is 16.2. The fourth-order valence-corrected chi connectivity index (χ4v) is 3.78. The predicted octanol–water partition coefficient (Wildman–Crippen LogP) is 4.36. The van der Waals surface area contributed by atoms with Gasteiger partial charge >= 0.3 is 5.97 Å². The fourth-order valence-electron chi connectivity index (χ4n) is 3.78. The number of rotatable bonds is 7. The van der Waals surface area contributed by atoms with Crippen LogP contribution < -0.4 is 15.0 Å². The minimum atomic E-state index is -0.443. The number of fused-ring (bicyclic) bond motifs is 1. The highest BCUT2D eigenvalue weighted by molar-refractivity contribution is 5.94. The molecule has 7 heteroatoms. The molecule has 0 saturated carbocycles. The van der Waals surface area contributed by atoms with Crippen LogP contribution in [0, 0.1) is 0 Å². The van der Waals surface area contributed by atoms with Crippen LogP contribution >= 0.6 is 0 Å². The number of carbonyl (C=O) groups excluding carboxylic acids is 1. The lowest BCUT2D eigenvalue weighted by molar-refractivity contribution is 0.0526. The Morgan fingerprint density at radius 2 is 1.97 bits per heavy atom. The van der Waals surface area contributed by atoms with Crippen molar-refractivity contribution in [1.82, 2.24) is 9.97 Å². The maximum absolute atomic E-state index is 12.5. The standard InChI is InChI=1S/C24H26N4O3/c1-4-31-23(29)20-15-26-24(28-16(2)13-18-7-5-6-8-21(18)28)27-22(20)25-14-17-9-11-19(30-3)12-10-17/h5-12,15-16H,4,13-14H2,1-3H3,(H,25,26,27). The van der Waals surface area contributed by atoms with Crippen molar-refractivity contribution < 1.29 is 14.3 Å². The molecule has 160 valence electrons. The van der Waals surface area contributed by atoms with Crippen LogP contribution in [0.2, 0.25) is 0 Å². The quantitative estimate of drug-likeness (QED) is 0.572. The molecule has 2 aromatic carbocycles. The zero-order valence-corrected chi connectivity index (χ0v) is 18.0. The number of nitrogens with zero attached hydrogens (tertiary/aromatic N) is 3. The van der Waals surface area contributed by atoms with Crippen molar-refractivity contribution in [3.63, 3.8) is 0 Å². The number of carbonyl (C=O) groups is 1. The zero-order valence-electron chi connectivity index (χ0n) is 18.0. The molecule has 0 amide bonds. The van der Waals surface area contributed by atoms with Crippen molar-refractivity contribution >= 4 is 23.4 Å². The lowest BCUT2D eigenvalue weighted by Crippen LogP contribution is -2.26. The number of hydrogen-bond donors (Lipinski definition) is 1. The van der Waals surface area contributed by atoms with E-state index >= 15 is 0 Å². The van der Waals surface area contributed by atoms with E-state index in [1.807, 2.05) is 36.4 Å². The van der Waals surface area contributed by atoms with Crippen LogP contribution in [-0.2, 0) is 17.7 Å². The molecule has 0 radical (unpaired) electrons. The van der Waals surface area contributed by atoms with Gasteiger partial charge in [0.25, 0.3) is 0 Å². The minimum absolute atomic E-state index is 0.222. The predicted molar refractivity (Wildman–Crippen MR) is 120 cm³/mol. The average molecular weight is 418 g/mol. The number of aromatic nitrogens is 2. The molecule has 7 nitrogen and oxygen atoms in total. The van der Waals surface area contributed by atoms with Crippen molar-refractivity contribution in [2.45, 2.75) is 32.9 Å². The van der Waals surface area contributed by atoms with E-state index in [-0.39, 0.29) is 12.6 Å². The van der Waals surface area contributed by atoms with E-state index in [0.717, 1.165) is 23.4 Å². The molecule has 2 heterocycles. The molecule has 4 rings (SSSR count). The lowest BCUT2D eigenvalue weighted by Gasteiger charge is -2.23. The first-order valence-corrected chi connectivity index (χ1v) is 10.4. The summed E-state index contributed by atoms with van der Waals surface area (Å²) in [7, 11) is 1.64. The average Bonchev–Trinajstić information content (AvgIpc) is 3.13. The Hall–Kier alpha value is -3.61. The molecule has 0 fully saturated rings. The van der Waals surface area contributed by atoms with Crippen molar-refractivity contribution in [2.75, 3.05) is 23.9 Å². The van der Waals surface area contributed by atoms with Crippen LogP contribution in [0.3, 0.4) is 0 Å². The first-order valence-electron chi connectivity index (χ1n) is 10.4. The number of methoxy groups -OCH3 is 1. The van der Waals surface area contributed by atoms with Crippen molar-refractivity contribution in [1.29, 1.82) is 0 Å². The third-order valence-electron chi connectivity index (χ3n) is 5.31. The van der Waals surface area contributed by atoms with Gasteiger partial charge in [0.05, 0.1) is 13.7 Å². The number of para-hydroxylation sites is 1. The maximum atomic E-state index is 12.5. The highest BCUT2D eigenvalue weighted by atomic mass is 16.5. The van der Waals surface area contributed by atoms with Gasteiger partial charge in [-0.25, -0.2) is 9.78 Å². The summed E-state index contributed by atoms with van der Waals surface area (Å²) in [4.78, 5) is 23.8. The Morgan fingerprint density at radius 3 is 2.71 bits per heavy atom. The summed E-state index contributed by atoms with van der Waals surface area (Å²) in [5.74, 6) is 1.36. The van der Waals surface area contributed by atoms with E-state index in [4.69, 9.17) is 14.5 Å². The van der Waals surface area contributed by atoms with Gasteiger partial charge in [-0.1, -0.05) is 30.3 Å². The summed E-state index contributed by atoms with van der Waals surface area (Å²) < 4.78 is 10.4. The topological polar surface area (TPSA) is 76.6 Å². The Kier molecular flexibility index (Phi) is 6.02. The van der Waals surface area contributed by atoms with E-state index in [1.54, 1.807) is 20.2 Å². The number of anilines is 3. The van der Waals surface area contributed by atoms with E-state index in [2.05, 4.69) is 34.3 Å². The lowest BCUT2D eigenvalue weighted by atomic mass is 10.1. The zero-order chi connectivity index (χ0) is 21.8.